The van der Waals surface area contributed by atoms with E-state index in [0.29, 0.717) is 22.3 Å². The number of hydrogen-bond acceptors (Lipinski definition) is 12. The fourth-order valence-electron chi connectivity index (χ4n) is 4.55. The Morgan fingerprint density at radius 2 is 0.571 bits per heavy atom. The molecule has 4 rings (SSSR count). The topological polar surface area (TPSA) is 105 Å². The van der Waals surface area contributed by atoms with Crippen molar-refractivity contribution in [1.29, 1.82) is 0 Å². The molecule has 0 fully saturated rings. The van der Waals surface area contributed by atoms with Crippen molar-refractivity contribution in [3.63, 3.8) is 0 Å². The molecule has 0 bridgehead atoms. The van der Waals surface area contributed by atoms with Crippen LogP contribution >= 0.6 is 50.5 Å². The van der Waals surface area contributed by atoms with Gasteiger partial charge in [0.05, 0.1) is 0 Å². The first-order valence-corrected chi connectivity index (χ1v) is 17.3. The quantitative estimate of drug-likeness (QED) is 0.0564. The highest BCUT2D eigenvalue weighted by atomic mass is 32.1. The molecule has 0 amide bonds. The molecule has 4 atom stereocenters. The molecular weight excluding hydrogens is 701 g/mol. The van der Waals surface area contributed by atoms with Crippen molar-refractivity contribution < 1.29 is 38.1 Å². The average Bonchev–Trinajstić information content (AvgIpc) is 3.16. The van der Waals surface area contributed by atoms with Gasteiger partial charge in [-0.15, -0.1) is 0 Å². The summed E-state index contributed by atoms with van der Waals surface area (Å²) in [5, 5.41) is -3.81. The Kier molecular flexibility index (Phi) is 14.6. The second-order valence-electron chi connectivity index (χ2n) is 11.2. The molecule has 8 nitrogen and oxygen atoms in total. The first-order valence-electron chi connectivity index (χ1n) is 15.2. The van der Waals surface area contributed by atoms with Crippen molar-refractivity contribution in [2.24, 2.45) is 5.41 Å². The zero-order valence-corrected chi connectivity index (χ0v) is 29.8. The summed E-state index contributed by atoms with van der Waals surface area (Å²) >= 11 is 17.8. The highest BCUT2D eigenvalue weighted by molar-refractivity contribution is 7.82. The van der Waals surface area contributed by atoms with E-state index in [4.69, 9.17) is 18.9 Å². The number of ether oxygens (including phenoxy) is 4. The third-order valence-corrected chi connectivity index (χ3v) is 9.47. The van der Waals surface area contributed by atoms with Gasteiger partial charge < -0.3 is 18.9 Å². The van der Waals surface area contributed by atoms with E-state index in [2.05, 4.69) is 50.5 Å². The van der Waals surface area contributed by atoms with Gasteiger partial charge in [0.1, 0.15) is 52.8 Å². The summed E-state index contributed by atoms with van der Waals surface area (Å²) in [5.41, 5.74) is 0.807. The Bertz CT molecular complexity index is 1410. The van der Waals surface area contributed by atoms with Crippen molar-refractivity contribution in [2.75, 3.05) is 26.4 Å². The number of esters is 4. The van der Waals surface area contributed by atoms with Gasteiger partial charge in [0.15, 0.2) is 0 Å². The molecule has 256 valence electrons. The second-order valence-corrected chi connectivity index (χ2v) is 13.2. The normalized spacial score (nSPS) is 14.6. The maximum atomic E-state index is 13.2. The van der Waals surface area contributed by atoms with Crippen molar-refractivity contribution >= 4 is 74.4 Å². The molecule has 0 aromatic heterocycles. The van der Waals surface area contributed by atoms with Crippen LogP contribution in [0, 0.1) is 5.41 Å². The Morgan fingerprint density at radius 1 is 0.388 bits per heavy atom. The maximum Gasteiger partial charge on any atom is 0.323 e. The van der Waals surface area contributed by atoms with Crippen LogP contribution in [0.25, 0.3) is 0 Å². The summed E-state index contributed by atoms with van der Waals surface area (Å²) in [6, 6.07) is 35.1. The summed E-state index contributed by atoms with van der Waals surface area (Å²) in [5.74, 6) is -2.86. The molecule has 0 aliphatic carbocycles. The summed E-state index contributed by atoms with van der Waals surface area (Å²) in [6.07, 6.45) is 0. The first kappa shape index (κ1) is 38.0. The van der Waals surface area contributed by atoms with Gasteiger partial charge >= 0.3 is 23.9 Å². The van der Waals surface area contributed by atoms with E-state index in [1.54, 1.807) is 121 Å². The molecule has 0 N–H and O–H groups in total. The minimum atomic E-state index is -1.56. The Labute approximate surface area is 307 Å². The van der Waals surface area contributed by atoms with Crippen LogP contribution in [0.2, 0.25) is 0 Å². The van der Waals surface area contributed by atoms with Crippen molar-refractivity contribution in [1.82, 2.24) is 0 Å². The van der Waals surface area contributed by atoms with Crippen LogP contribution in [0.4, 0.5) is 0 Å². The lowest BCUT2D eigenvalue weighted by Gasteiger charge is -2.33. The molecule has 0 heterocycles. The lowest BCUT2D eigenvalue weighted by atomic mass is 9.92. The van der Waals surface area contributed by atoms with Crippen molar-refractivity contribution in [2.45, 2.75) is 21.0 Å². The van der Waals surface area contributed by atoms with Crippen molar-refractivity contribution in [3.05, 3.63) is 144 Å². The zero-order chi connectivity index (χ0) is 35.2. The van der Waals surface area contributed by atoms with E-state index < -0.39 is 76.7 Å². The van der Waals surface area contributed by atoms with E-state index in [-0.39, 0.29) is 0 Å². The number of rotatable bonds is 16. The number of benzene rings is 4. The fourth-order valence-corrected chi connectivity index (χ4v) is 5.53. The van der Waals surface area contributed by atoms with Gasteiger partial charge in [0, 0.05) is 0 Å². The standard InChI is InChI=1S/C37H36O8S4/c38-33(29(46)25-13-5-1-6-14-25)42-21-37(22-43-34(39)30(47)26-15-7-2-8-16-26,23-44-35(40)31(48)27-17-9-3-10-18-27)24-45-36(41)32(49)28-19-11-4-12-20-28/h1-20,29-32,46-49H,21-24H2/t29-,30?,31?,32?,37?/m0/s1. The number of thiol groups is 4. The van der Waals surface area contributed by atoms with E-state index in [1.807, 2.05) is 0 Å². The summed E-state index contributed by atoms with van der Waals surface area (Å²) < 4.78 is 22.8. The first-order chi connectivity index (χ1) is 23.6. The van der Waals surface area contributed by atoms with Crippen LogP contribution < -0.4 is 0 Å². The summed E-state index contributed by atoms with van der Waals surface area (Å²) in [6.45, 7) is -1.90. The molecule has 4 aromatic rings. The number of carbonyl (C=O) groups excluding carboxylic acids is 4. The van der Waals surface area contributed by atoms with Gasteiger partial charge in [0.25, 0.3) is 0 Å². The number of carbonyl (C=O) groups is 4. The molecule has 4 aromatic carbocycles. The molecule has 0 spiro atoms. The van der Waals surface area contributed by atoms with E-state index in [9.17, 15) is 19.2 Å². The molecule has 49 heavy (non-hydrogen) atoms. The van der Waals surface area contributed by atoms with Gasteiger partial charge in [-0.05, 0) is 22.3 Å². The lowest BCUT2D eigenvalue weighted by Crippen LogP contribution is -2.44. The smallest absolute Gasteiger partial charge is 0.323 e. The second kappa shape index (κ2) is 18.8. The third-order valence-electron chi connectivity index (χ3n) is 7.44. The van der Waals surface area contributed by atoms with Gasteiger partial charge in [-0.25, -0.2) is 0 Å². The predicted octanol–water partition coefficient (Wildman–Crippen LogP) is 6.83. The monoisotopic (exact) mass is 736 g/mol. The lowest BCUT2D eigenvalue weighted by molar-refractivity contribution is -0.170. The highest BCUT2D eigenvalue weighted by Gasteiger charge is 2.40. The van der Waals surface area contributed by atoms with Crippen LogP contribution in [0.1, 0.15) is 43.3 Å². The molecule has 3 unspecified atom stereocenters. The Hall–Kier alpha value is -3.84. The van der Waals surface area contributed by atoms with Gasteiger partial charge in [-0.3, -0.25) is 19.2 Å². The van der Waals surface area contributed by atoms with Crippen LogP contribution in [0.5, 0.6) is 0 Å². The van der Waals surface area contributed by atoms with E-state index in [1.165, 1.54) is 0 Å². The SMILES string of the molecule is O=C(OCC(COC(=O)C(S)c1ccccc1)(COC(=O)C(S)c1ccccc1)COC(=O)[C@@H](S)c1ccccc1)C(S)c1ccccc1. The predicted molar refractivity (Wildman–Crippen MR) is 199 cm³/mol. The van der Waals surface area contributed by atoms with Gasteiger partial charge in [-0.2, -0.15) is 50.5 Å². The van der Waals surface area contributed by atoms with E-state index >= 15 is 0 Å². The molecule has 0 saturated carbocycles. The van der Waals surface area contributed by atoms with Gasteiger partial charge in [0.2, 0.25) is 0 Å². The Balaban J connectivity index is 1.60. The highest BCUT2D eigenvalue weighted by Crippen LogP contribution is 2.30. The molecule has 0 saturated heterocycles. The third kappa shape index (κ3) is 11.1. The fraction of sp³-hybridized carbons (Fsp3) is 0.243. The van der Waals surface area contributed by atoms with Crippen LogP contribution in [-0.4, -0.2) is 50.3 Å². The molecule has 0 aliphatic heterocycles. The van der Waals surface area contributed by atoms with Gasteiger partial charge in [-0.1, -0.05) is 121 Å². The maximum absolute atomic E-state index is 13.2. The zero-order valence-electron chi connectivity index (χ0n) is 26.2. The van der Waals surface area contributed by atoms with Crippen molar-refractivity contribution in [3.8, 4) is 0 Å². The minimum Gasteiger partial charge on any atom is -0.464 e. The molecule has 0 radical (unpaired) electrons. The molecular formula is C37H36O8S4. The Morgan fingerprint density at radius 3 is 0.755 bits per heavy atom. The van der Waals surface area contributed by atoms with Crippen LogP contribution in [0.15, 0.2) is 121 Å². The van der Waals surface area contributed by atoms with Crippen LogP contribution in [-0.2, 0) is 38.1 Å². The minimum absolute atomic E-state index is 0.475. The molecule has 12 heteroatoms. The van der Waals surface area contributed by atoms with E-state index in [0.717, 1.165) is 0 Å². The average molecular weight is 737 g/mol. The molecule has 0 aliphatic rings. The largest absolute Gasteiger partial charge is 0.464 e. The summed E-state index contributed by atoms with van der Waals surface area (Å²) in [7, 11) is 0. The number of hydrogen-bond donors (Lipinski definition) is 4. The van der Waals surface area contributed by atoms with Crippen LogP contribution in [0.3, 0.4) is 0 Å². The summed E-state index contributed by atoms with van der Waals surface area (Å²) in [4.78, 5) is 52.9.